The molecule has 1 aliphatic rings. The SMILES string of the molecule is CN=C(NCc1cccnc1OCCOC)NCC1CC(=O)Nc2ccccc21.I. The molecule has 1 aromatic heterocycles. The lowest BCUT2D eigenvalue weighted by molar-refractivity contribution is -0.116. The summed E-state index contributed by atoms with van der Waals surface area (Å²) in [6.45, 7) is 2.06. The van der Waals surface area contributed by atoms with Crippen LogP contribution in [0, 0.1) is 0 Å². The van der Waals surface area contributed by atoms with E-state index in [2.05, 4.69) is 32.0 Å². The fourth-order valence-electron chi connectivity index (χ4n) is 3.21. The predicted molar refractivity (Wildman–Crippen MR) is 128 cm³/mol. The Hall–Kier alpha value is -2.40. The average Bonchev–Trinajstić information content (AvgIpc) is 2.74. The molecule has 8 nitrogen and oxygen atoms in total. The summed E-state index contributed by atoms with van der Waals surface area (Å²) in [5.74, 6) is 1.35. The number of fused-ring (bicyclic) bond motifs is 1. The second kappa shape index (κ2) is 12.3. The lowest BCUT2D eigenvalue weighted by Gasteiger charge is -2.26. The van der Waals surface area contributed by atoms with Crippen molar-refractivity contribution in [2.45, 2.75) is 18.9 Å². The molecule has 0 aliphatic carbocycles. The van der Waals surface area contributed by atoms with Gasteiger partial charge in [0, 0.05) is 57.0 Å². The molecule has 0 fully saturated rings. The zero-order chi connectivity index (χ0) is 20.5. The maximum absolute atomic E-state index is 12.0. The highest BCUT2D eigenvalue weighted by Gasteiger charge is 2.24. The molecular formula is C21H28IN5O3. The molecule has 3 rings (SSSR count). The van der Waals surface area contributed by atoms with E-state index in [1.165, 1.54) is 0 Å². The molecular weight excluding hydrogens is 497 g/mol. The van der Waals surface area contributed by atoms with Crippen LogP contribution in [0.3, 0.4) is 0 Å². The number of guanidine groups is 1. The molecule has 9 heteroatoms. The Kier molecular flexibility index (Phi) is 9.81. The van der Waals surface area contributed by atoms with Crippen molar-refractivity contribution >= 4 is 41.5 Å². The van der Waals surface area contributed by atoms with Gasteiger partial charge in [0.05, 0.1) is 6.61 Å². The molecule has 0 spiro atoms. The summed E-state index contributed by atoms with van der Waals surface area (Å²) in [5, 5.41) is 9.52. The molecule has 1 unspecified atom stereocenters. The first-order valence-corrected chi connectivity index (χ1v) is 9.60. The van der Waals surface area contributed by atoms with Crippen molar-refractivity contribution in [2.24, 2.45) is 4.99 Å². The van der Waals surface area contributed by atoms with Gasteiger partial charge in [-0.2, -0.15) is 0 Å². The highest BCUT2D eigenvalue weighted by atomic mass is 127. The summed E-state index contributed by atoms with van der Waals surface area (Å²) in [4.78, 5) is 20.6. The minimum atomic E-state index is 0. The molecule has 0 saturated carbocycles. The number of aliphatic imine (C=N–C) groups is 1. The Balaban J connectivity index is 0.00000320. The molecule has 3 N–H and O–H groups in total. The number of hydrogen-bond donors (Lipinski definition) is 3. The van der Waals surface area contributed by atoms with Gasteiger partial charge < -0.3 is 25.4 Å². The van der Waals surface area contributed by atoms with Crippen molar-refractivity contribution in [3.05, 3.63) is 53.7 Å². The predicted octanol–water partition coefficient (Wildman–Crippen LogP) is 2.52. The standard InChI is InChI=1S/C21H27N5O3.HI/c1-22-21(24-13-15-6-5-9-23-20(15)29-11-10-28-2)25-14-16-12-19(27)26-18-8-4-3-7-17(16)18;/h3-9,16H,10-14H2,1-2H3,(H,26,27)(H2,22,24,25);1H. The van der Waals surface area contributed by atoms with Crippen molar-refractivity contribution in [3.63, 3.8) is 0 Å². The second-order valence-corrected chi connectivity index (χ2v) is 6.65. The first-order valence-electron chi connectivity index (χ1n) is 9.60. The van der Waals surface area contributed by atoms with Gasteiger partial charge in [0.25, 0.3) is 0 Å². The minimum absolute atomic E-state index is 0. The van der Waals surface area contributed by atoms with Crippen LogP contribution in [-0.2, 0) is 16.1 Å². The molecule has 162 valence electrons. The number of methoxy groups -OCH3 is 1. The third-order valence-corrected chi connectivity index (χ3v) is 4.67. The van der Waals surface area contributed by atoms with E-state index in [1.807, 2.05) is 30.3 Å². The number of rotatable bonds is 8. The van der Waals surface area contributed by atoms with Crippen molar-refractivity contribution in [2.75, 3.05) is 39.2 Å². The summed E-state index contributed by atoms with van der Waals surface area (Å²) in [7, 11) is 3.35. The van der Waals surface area contributed by atoms with Crippen LogP contribution in [0.2, 0.25) is 0 Å². The van der Waals surface area contributed by atoms with Crippen molar-refractivity contribution < 1.29 is 14.3 Å². The Labute approximate surface area is 193 Å². The first kappa shape index (κ1) is 23.9. The van der Waals surface area contributed by atoms with E-state index < -0.39 is 0 Å². The number of ether oxygens (including phenoxy) is 2. The van der Waals surface area contributed by atoms with Crippen molar-refractivity contribution in [1.29, 1.82) is 0 Å². The summed E-state index contributed by atoms with van der Waals surface area (Å²) in [5.41, 5.74) is 2.94. The normalized spacial score (nSPS) is 15.5. The fourth-order valence-corrected chi connectivity index (χ4v) is 3.21. The van der Waals surface area contributed by atoms with Crippen LogP contribution >= 0.6 is 24.0 Å². The Morgan fingerprint density at radius 1 is 1.23 bits per heavy atom. The molecule has 1 aromatic carbocycles. The van der Waals surface area contributed by atoms with Crippen LogP contribution in [0.25, 0.3) is 0 Å². The van der Waals surface area contributed by atoms with Crippen molar-refractivity contribution in [1.82, 2.24) is 15.6 Å². The minimum Gasteiger partial charge on any atom is -0.475 e. The van der Waals surface area contributed by atoms with Gasteiger partial charge in [0.15, 0.2) is 5.96 Å². The Morgan fingerprint density at radius 3 is 2.87 bits per heavy atom. The molecule has 0 radical (unpaired) electrons. The van der Waals surface area contributed by atoms with Crippen LogP contribution in [0.1, 0.15) is 23.5 Å². The highest BCUT2D eigenvalue weighted by molar-refractivity contribution is 14.0. The van der Waals surface area contributed by atoms with Gasteiger partial charge in [-0.1, -0.05) is 24.3 Å². The molecule has 0 bridgehead atoms. The third kappa shape index (κ3) is 6.56. The van der Waals surface area contributed by atoms with Gasteiger partial charge in [0.2, 0.25) is 11.8 Å². The van der Waals surface area contributed by atoms with Gasteiger partial charge in [-0.15, -0.1) is 24.0 Å². The third-order valence-electron chi connectivity index (χ3n) is 4.67. The Bertz CT molecular complexity index is 862. The molecule has 1 aliphatic heterocycles. The summed E-state index contributed by atoms with van der Waals surface area (Å²) >= 11 is 0. The second-order valence-electron chi connectivity index (χ2n) is 6.65. The van der Waals surface area contributed by atoms with E-state index >= 15 is 0 Å². The van der Waals surface area contributed by atoms with E-state index in [9.17, 15) is 4.79 Å². The van der Waals surface area contributed by atoms with Crippen LogP contribution in [0.5, 0.6) is 5.88 Å². The molecule has 2 aromatic rings. The number of nitrogens with one attached hydrogen (secondary N) is 3. The van der Waals surface area contributed by atoms with Gasteiger partial charge in [-0.05, 0) is 17.7 Å². The maximum Gasteiger partial charge on any atom is 0.225 e. The van der Waals surface area contributed by atoms with Gasteiger partial charge in [0.1, 0.15) is 6.61 Å². The van der Waals surface area contributed by atoms with E-state index in [0.29, 0.717) is 44.6 Å². The van der Waals surface area contributed by atoms with Crippen LogP contribution in [0.15, 0.2) is 47.6 Å². The fraction of sp³-hybridized carbons (Fsp3) is 0.381. The average molecular weight is 525 g/mol. The number of anilines is 1. The number of carbonyl (C=O) groups is 1. The molecule has 30 heavy (non-hydrogen) atoms. The number of hydrogen-bond acceptors (Lipinski definition) is 5. The van der Waals surface area contributed by atoms with E-state index in [4.69, 9.17) is 9.47 Å². The number of amides is 1. The van der Waals surface area contributed by atoms with Crippen LogP contribution in [0.4, 0.5) is 5.69 Å². The zero-order valence-electron chi connectivity index (χ0n) is 17.2. The number of nitrogens with zero attached hydrogens (tertiary/aromatic N) is 2. The monoisotopic (exact) mass is 525 g/mol. The summed E-state index contributed by atoms with van der Waals surface area (Å²) < 4.78 is 10.7. The molecule has 2 heterocycles. The Morgan fingerprint density at radius 2 is 2.07 bits per heavy atom. The van der Waals surface area contributed by atoms with Gasteiger partial charge in [-0.25, -0.2) is 4.98 Å². The number of aromatic nitrogens is 1. The van der Waals surface area contributed by atoms with Gasteiger partial charge >= 0.3 is 0 Å². The summed E-state index contributed by atoms with van der Waals surface area (Å²) in [6.07, 6.45) is 2.14. The molecule has 1 atom stereocenters. The molecule has 0 saturated heterocycles. The highest BCUT2D eigenvalue weighted by Crippen LogP contribution is 2.31. The quantitative estimate of drug-likeness (QED) is 0.212. The first-order chi connectivity index (χ1) is 14.2. The van der Waals surface area contributed by atoms with Gasteiger partial charge in [-0.3, -0.25) is 9.79 Å². The van der Waals surface area contributed by atoms with Crippen molar-refractivity contribution in [3.8, 4) is 5.88 Å². The summed E-state index contributed by atoms with van der Waals surface area (Å²) in [6, 6.07) is 11.7. The smallest absolute Gasteiger partial charge is 0.225 e. The van der Waals surface area contributed by atoms with E-state index in [1.54, 1.807) is 20.4 Å². The molecule has 1 amide bonds. The van der Waals surface area contributed by atoms with Crippen LogP contribution < -0.4 is 20.7 Å². The number of para-hydroxylation sites is 1. The number of pyridine rings is 1. The number of benzene rings is 1. The zero-order valence-corrected chi connectivity index (χ0v) is 19.5. The van der Waals surface area contributed by atoms with Crippen LogP contribution in [-0.4, -0.2) is 50.8 Å². The number of halogens is 1. The maximum atomic E-state index is 12.0. The lowest BCUT2D eigenvalue weighted by atomic mass is 9.90. The van der Waals surface area contributed by atoms with E-state index in [0.717, 1.165) is 16.8 Å². The lowest BCUT2D eigenvalue weighted by Crippen LogP contribution is -2.40. The van der Waals surface area contributed by atoms with E-state index in [-0.39, 0.29) is 35.8 Å². The topological polar surface area (TPSA) is 96.9 Å². The largest absolute Gasteiger partial charge is 0.475 e. The number of carbonyl (C=O) groups excluding carboxylic acids is 1.